The van der Waals surface area contributed by atoms with Crippen molar-refractivity contribution in [2.45, 2.75) is 51.0 Å². The largest absolute Gasteiger partial charge is 0.387 e. The Morgan fingerprint density at radius 3 is 2.52 bits per heavy atom. The lowest BCUT2D eigenvalue weighted by Gasteiger charge is -2.39. The number of hydrogen-bond acceptors (Lipinski definition) is 3. The Morgan fingerprint density at radius 2 is 1.90 bits per heavy atom. The van der Waals surface area contributed by atoms with Crippen molar-refractivity contribution in [2.75, 3.05) is 19.6 Å². The van der Waals surface area contributed by atoms with E-state index in [-0.39, 0.29) is 5.82 Å². The molecule has 0 radical (unpaired) electrons. The van der Waals surface area contributed by atoms with Crippen LogP contribution in [0.5, 0.6) is 0 Å². The first-order valence-electron chi connectivity index (χ1n) is 8.19. The lowest BCUT2D eigenvalue weighted by molar-refractivity contribution is 0.0859. The predicted octanol–water partition coefficient (Wildman–Crippen LogP) is 3.30. The van der Waals surface area contributed by atoms with Crippen LogP contribution in [0.15, 0.2) is 18.3 Å². The number of piperidine rings is 1. The smallest absolute Gasteiger partial charge is 0.141 e. The number of aliphatic hydroxyl groups excluding tert-OH is 1. The first-order chi connectivity index (χ1) is 10.2. The van der Waals surface area contributed by atoms with Crippen LogP contribution in [0.1, 0.15) is 56.7 Å². The molecular weight excluding hydrogens is 267 g/mol. The van der Waals surface area contributed by atoms with Gasteiger partial charge in [0.15, 0.2) is 0 Å². The fraction of sp³-hybridized carbons (Fsp3) is 0.706. The summed E-state index contributed by atoms with van der Waals surface area (Å²) in [5, 5.41) is 10.1. The summed E-state index contributed by atoms with van der Waals surface area (Å²) in [4.78, 5) is 6.41. The van der Waals surface area contributed by atoms with Crippen molar-refractivity contribution in [3.63, 3.8) is 0 Å². The highest BCUT2D eigenvalue weighted by Crippen LogP contribution is 2.46. The molecule has 1 unspecified atom stereocenters. The van der Waals surface area contributed by atoms with E-state index in [0.717, 1.165) is 19.6 Å². The maximum Gasteiger partial charge on any atom is 0.141 e. The van der Waals surface area contributed by atoms with Gasteiger partial charge in [0.05, 0.1) is 18.0 Å². The summed E-state index contributed by atoms with van der Waals surface area (Å²) in [6, 6.07) is 2.93. The van der Waals surface area contributed by atoms with Crippen molar-refractivity contribution < 1.29 is 9.50 Å². The summed E-state index contributed by atoms with van der Waals surface area (Å²) in [5.74, 6) is -0.358. The monoisotopic (exact) mass is 292 g/mol. The summed E-state index contributed by atoms with van der Waals surface area (Å²) in [7, 11) is 0. The number of pyridine rings is 1. The Kier molecular flexibility index (Phi) is 4.55. The number of nitrogens with zero attached hydrogens (tertiary/aromatic N) is 2. The second-order valence-electron chi connectivity index (χ2n) is 6.75. The molecule has 2 aliphatic rings. The number of aromatic nitrogens is 1. The third-order valence-electron chi connectivity index (χ3n) is 5.39. The molecule has 3 nitrogen and oxygen atoms in total. The number of hydrogen-bond donors (Lipinski definition) is 1. The fourth-order valence-corrected chi connectivity index (χ4v) is 3.91. The second kappa shape index (κ2) is 6.41. The van der Waals surface area contributed by atoms with Crippen LogP contribution in [0, 0.1) is 11.2 Å². The molecule has 0 aromatic carbocycles. The molecule has 21 heavy (non-hydrogen) atoms. The zero-order chi connectivity index (χ0) is 14.7. The van der Waals surface area contributed by atoms with E-state index in [9.17, 15) is 9.50 Å². The zero-order valence-corrected chi connectivity index (χ0v) is 12.6. The Morgan fingerprint density at radius 1 is 1.19 bits per heavy atom. The normalized spacial score (nSPS) is 23.5. The highest BCUT2D eigenvalue weighted by atomic mass is 19.1. The molecule has 1 saturated carbocycles. The Labute approximate surface area is 126 Å². The minimum absolute atomic E-state index is 0.358. The minimum atomic E-state index is -0.590. The van der Waals surface area contributed by atoms with Gasteiger partial charge in [-0.15, -0.1) is 0 Å². The zero-order valence-electron chi connectivity index (χ0n) is 12.6. The molecule has 0 amide bonds. The first-order valence-corrected chi connectivity index (χ1v) is 8.19. The molecule has 1 N–H and O–H groups in total. The summed E-state index contributed by atoms with van der Waals surface area (Å²) in [6.07, 6.45) is 9.55. The lowest BCUT2D eigenvalue weighted by atomic mass is 9.77. The molecule has 1 atom stereocenters. The molecule has 1 spiro atoms. The third-order valence-corrected chi connectivity index (χ3v) is 5.39. The molecule has 1 aliphatic carbocycles. The average Bonchev–Trinajstić information content (AvgIpc) is 2.95. The van der Waals surface area contributed by atoms with Crippen molar-refractivity contribution in [2.24, 2.45) is 5.41 Å². The van der Waals surface area contributed by atoms with Crippen LogP contribution in [-0.4, -0.2) is 34.6 Å². The molecule has 1 aromatic rings. The van der Waals surface area contributed by atoms with Gasteiger partial charge in [-0.05, 0) is 62.7 Å². The van der Waals surface area contributed by atoms with E-state index in [2.05, 4.69) is 9.88 Å². The second-order valence-corrected chi connectivity index (χ2v) is 6.75. The van der Waals surface area contributed by atoms with Crippen LogP contribution in [0.25, 0.3) is 0 Å². The maximum absolute atomic E-state index is 12.8. The molecule has 3 rings (SSSR count). The first kappa shape index (κ1) is 14.9. The van der Waals surface area contributed by atoms with E-state index in [1.807, 2.05) is 0 Å². The van der Waals surface area contributed by atoms with Gasteiger partial charge in [-0.1, -0.05) is 12.8 Å². The third kappa shape index (κ3) is 3.61. The summed E-state index contributed by atoms with van der Waals surface area (Å²) in [5.41, 5.74) is 1.22. The van der Waals surface area contributed by atoms with Crippen LogP contribution >= 0.6 is 0 Å². The van der Waals surface area contributed by atoms with Crippen molar-refractivity contribution in [3.8, 4) is 0 Å². The van der Waals surface area contributed by atoms with Crippen LogP contribution < -0.4 is 0 Å². The summed E-state index contributed by atoms with van der Waals surface area (Å²) in [6.45, 7) is 3.21. The molecule has 2 heterocycles. The van der Waals surface area contributed by atoms with Crippen LogP contribution in [0.3, 0.4) is 0 Å². The van der Waals surface area contributed by atoms with E-state index >= 15 is 0 Å². The van der Waals surface area contributed by atoms with Gasteiger partial charge in [0.25, 0.3) is 0 Å². The molecule has 4 heteroatoms. The average molecular weight is 292 g/mol. The summed E-state index contributed by atoms with van der Waals surface area (Å²) >= 11 is 0. The minimum Gasteiger partial charge on any atom is -0.387 e. The van der Waals surface area contributed by atoms with Gasteiger partial charge in [0.1, 0.15) is 5.82 Å². The van der Waals surface area contributed by atoms with E-state index in [4.69, 9.17) is 0 Å². The van der Waals surface area contributed by atoms with Crippen molar-refractivity contribution >= 4 is 0 Å². The molecular formula is C17H25FN2O. The number of likely N-dealkylation sites (tertiary alicyclic amines) is 1. The molecule has 116 valence electrons. The topological polar surface area (TPSA) is 36.4 Å². The molecule has 1 aliphatic heterocycles. The van der Waals surface area contributed by atoms with E-state index in [0.29, 0.717) is 17.5 Å². The number of aliphatic hydroxyl groups is 1. The van der Waals surface area contributed by atoms with Gasteiger partial charge in [-0.25, -0.2) is 4.39 Å². The Hall–Kier alpha value is -1.00. The van der Waals surface area contributed by atoms with Gasteiger partial charge in [0, 0.05) is 6.54 Å². The van der Waals surface area contributed by atoms with Gasteiger partial charge >= 0.3 is 0 Å². The van der Waals surface area contributed by atoms with Crippen LogP contribution in [0.2, 0.25) is 0 Å². The van der Waals surface area contributed by atoms with Gasteiger partial charge in [-0.2, -0.15) is 0 Å². The fourth-order valence-electron chi connectivity index (χ4n) is 3.91. The van der Waals surface area contributed by atoms with Gasteiger partial charge < -0.3 is 10.0 Å². The highest BCUT2D eigenvalue weighted by molar-refractivity contribution is 5.08. The lowest BCUT2D eigenvalue weighted by Crippen LogP contribution is -2.39. The van der Waals surface area contributed by atoms with Crippen LogP contribution in [-0.2, 0) is 0 Å². The molecule has 1 aromatic heterocycles. The van der Waals surface area contributed by atoms with E-state index in [1.165, 1.54) is 50.8 Å². The molecule has 2 fully saturated rings. The Balaban J connectivity index is 1.44. The van der Waals surface area contributed by atoms with E-state index < -0.39 is 6.10 Å². The van der Waals surface area contributed by atoms with Gasteiger partial charge in [-0.3, -0.25) is 4.98 Å². The van der Waals surface area contributed by atoms with Crippen molar-refractivity contribution in [3.05, 3.63) is 29.8 Å². The standard InChI is InChI=1S/C17H25FN2O/c18-14-3-4-15(19-13-14)16(21)5-10-20-11-8-17(9-12-20)6-1-2-7-17/h3-4,13,16,21H,1-2,5-12H2. The molecule has 1 saturated heterocycles. The Bertz CT molecular complexity index is 446. The van der Waals surface area contributed by atoms with Crippen LogP contribution in [0.4, 0.5) is 4.39 Å². The number of rotatable bonds is 4. The SMILES string of the molecule is OC(CCN1CCC2(CCCC2)CC1)c1ccc(F)cn1. The quantitative estimate of drug-likeness (QED) is 0.925. The van der Waals surface area contributed by atoms with Gasteiger partial charge in [0.2, 0.25) is 0 Å². The molecule has 0 bridgehead atoms. The van der Waals surface area contributed by atoms with Crippen molar-refractivity contribution in [1.29, 1.82) is 0 Å². The highest BCUT2D eigenvalue weighted by Gasteiger charge is 2.36. The predicted molar refractivity (Wildman–Crippen MR) is 80.3 cm³/mol. The van der Waals surface area contributed by atoms with Crippen molar-refractivity contribution in [1.82, 2.24) is 9.88 Å². The maximum atomic E-state index is 12.8. The summed E-state index contributed by atoms with van der Waals surface area (Å²) < 4.78 is 12.8. The van der Waals surface area contributed by atoms with E-state index in [1.54, 1.807) is 6.07 Å². The number of halogens is 1.